The van der Waals surface area contributed by atoms with Crippen LogP contribution < -0.4 is 10.6 Å². The maximum absolute atomic E-state index is 12.9. The van der Waals surface area contributed by atoms with E-state index in [1.165, 1.54) is 0 Å². The van der Waals surface area contributed by atoms with E-state index in [0.29, 0.717) is 23.6 Å². The van der Waals surface area contributed by atoms with Crippen LogP contribution in [0.3, 0.4) is 0 Å². The van der Waals surface area contributed by atoms with Crippen LogP contribution in [-0.2, 0) is 9.63 Å². The Kier molecular flexibility index (Phi) is 5.52. The second-order valence-electron chi connectivity index (χ2n) is 7.98. The van der Waals surface area contributed by atoms with Crippen LogP contribution in [0.1, 0.15) is 11.1 Å². The van der Waals surface area contributed by atoms with Gasteiger partial charge in [-0.15, -0.1) is 0 Å². The molecule has 31 heavy (non-hydrogen) atoms. The molecule has 0 aliphatic carbocycles. The van der Waals surface area contributed by atoms with Gasteiger partial charge in [0.2, 0.25) is 0 Å². The number of piperazine rings is 1. The summed E-state index contributed by atoms with van der Waals surface area (Å²) >= 11 is 3.51. The van der Waals surface area contributed by atoms with E-state index in [9.17, 15) is 4.79 Å². The first-order valence-electron chi connectivity index (χ1n) is 10.4. The van der Waals surface area contributed by atoms with Crippen molar-refractivity contribution in [2.45, 2.75) is 0 Å². The summed E-state index contributed by atoms with van der Waals surface area (Å²) < 4.78 is 0.915. The maximum Gasteiger partial charge on any atom is 0.258 e. The van der Waals surface area contributed by atoms with Crippen molar-refractivity contribution in [3.05, 3.63) is 63.8 Å². The number of amides is 1. The Labute approximate surface area is 189 Å². The molecule has 8 heteroatoms. The number of hydrogen-bond donors (Lipinski definition) is 2. The monoisotopic (exact) mass is 481 g/mol. The fourth-order valence-corrected chi connectivity index (χ4v) is 4.50. The number of anilines is 2. The lowest BCUT2D eigenvalue weighted by Gasteiger charge is -2.31. The molecule has 0 aromatic heterocycles. The van der Waals surface area contributed by atoms with Crippen molar-refractivity contribution in [2.24, 2.45) is 5.16 Å². The molecule has 0 spiro atoms. The van der Waals surface area contributed by atoms with Crippen LogP contribution in [0.15, 0.2) is 57.8 Å². The molecule has 1 fully saturated rings. The highest BCUT2D eigenvalue weighted by atomic mass is 79.9. The summed E-state index contributed by atoms with van der Waals surface area (Å²) in [6.45, 7) is 5.58. The first-order chi connectivity index (χ1) is 15.1. The Hall–Kier alpha value is -2.68. The number of carbonyl (C=O) groups is 1. The fraction of sp³-hybridized carbons (Fsp3) is 0.304. The molecule has 5 rings (SSSR count). The molecule has 3 aliphatic rings. The van der Waals surface area contributed by atoms with E-state index < -0.39 is 0 Å². The number of carbonyl (C=O) groups excluding carboxylic acids is 1. The lowest BCUT2D eigenvalue weighted by molar-refractivity contribution is -0.110. The first-order valence-corrected chi connectivity index (χ1v) is 11.2. The fourth-order valence-electron chi connectivity index (χ4n) is 4.14. The summed E-state index contributed by atoms with van der Waals surface area (Å²) in [4.78, 5) is 23.3. The summed E-state index contributed by atoms with van der Waals surface area (Å²) in [6, 6.07) is 13.7. The highest BCUT2D eigenvalue weighted by Gasteiger charge is 2.34. The third-order valence-corrected chi connectivity index (χ3v) is 6.40. The summed E-state index contributed by atoms with van der Waals surface area (Å²) in [6.07, 6.45) is 0. The van der Waals surface area contributed by atoms with Gasteiger partial charge in [0.05, 0.1) is 11.3 Å². The molecule has 2 N–H and O–H groups in total. The Morgan fingerprint density at radius 2 is 1.81 bits per heavy atom. The third-order valence-electron chi connectivity index (χ3n) is 5.91. The molecule has 0 saturated carbocycles. The standard InChI is InChI=1S/C23H24BrN5O2/c1-28-8-10-29(11-9-28)12-13-31-27-21-16-4-2-3-5-18(16)25-22(21)20-17-14-15(24)6-7-19(17)26-23(20)30/h2-7,14,25H,8-13H2,1H3,(H,26,30)/b22-20-,27-21+. The predicted octanol–water partition coefficient (Wildman–Crippen LogP) is 3.21. The number of halogens is 1. The van der Waals surface area contributed by atoms with E-state index in [0.717, 1.165) is 59.7 Å². The third kappa shape index (κ3) is 3.98. The van der Waals surface area contributed by atoms with E-state index >= 15 is 0 Å². The number of oxime groups is 1. The molecule has 160 valence electrons. The molecule has 0 radical (unpaired) electrons. The van der Waals surface area contributed by atoms with Crippen molar-refractivity contribution in [2.75, 3.05) is 57.0 Å². The Morgan fingerprint density at radius 1 is 1.03 bits per heavy atom. The molecule has 1 saturated heterocycles. The van der Waals surface area contributed by atoms with Crippen molar-refractivity contribution in [3.63, 3.8) is 0 Å². The normalized spacial score (nSPS) is 22.3. The van der Waals surface area contributed by atoms with Crippen LogP contribution in [0.25, 0.3) is 5.57 Å². The lowest BCUT2D eigenvalue weighted by atomic mass is 10.0. The molecular formula is C23H24BrN5O2. The van der Waals surface area contributed by atoms with Gasteiger partial charge in [0.15, 0.2) is 0 Å². The number of likely N-dealkylation sites (N-methyl/N-ethyl adjacent to an activating group) is 1. The van der Waals surface area contributed by atoms with Gasteiger partial charge in [-0.1, -0.05) is 39.3 Å². The van der Waals surface area contributed by atoms with Crippen LogP contribution >= 0.6 is 15.9 Å². The molecule has 2 aromatic rings. The van der Waals surface area contributed by atoms with Gasteiger partial charge in [-0.25, -0.2) is 0 Å². The number of nitrogens with zero attached hydrogens (tertiary/aromatic N) is 3. The largest absolute Gasteiger partial charge is 0.394 e. The first kappa shape index (κ1) is 20.2. The average molecular weight is 482 g/mol. The molecule has 2 aromatic carbocycles. The SMILES string of the molecule is CN1CCN(CCO/N=C2/C(=C3/C(=O)Nc4ccc(Br)cc43)Nc3ccccc32)CC1. The number of rotatable bonds is 4. The van der Waals surface area contributed by atoms with Crippen LogP contribution in [0, 0.1) is 0 Å². The molecule has 7 nitrogen and oxygen atoms in total. The summed E-state index contributed by atoms with van der Waals surface area (Å²) in [5, 5.41) is 10.8. The van der Waals surface area contributed by atoms with Gasteiger partial charge < -0.3 is 20.4 Å². The molecular weight excluding hydrogens is 458 g/mol. The molecule has 3 heterocycles. The van der Waals surface area contributed by atoms with Crippen molar-refractivity contribution in [1.29, 1.82) is 0 Å². The molecule has 0 atom stereocenters. The highest BCUT2D eigenvalue weighted by Crippen LogP contribution is 2.40. The zero-order chi connectivity index (χ0) is 21.4. The van der Waals surface area contributed by atoms with E-state index in [1.807, 2.05) is 42.5 Å². The van der Waals surface area contributed by atoms with Crippen molar-refractivity contribution in [1.82, 2.24) is 9.80 Å². The van der Waals surface area contributed by atoms with Crippen molar-refractivity contribution in [3.8, 4) is 0 Å². The zero-order valence-corrected chi connectivity index (χ0v) is 18.9. The summed E-state index contributed by atoms with van der Waals surface area (Å²) in [5.74, 6) is -0.145. The second kappa shape index (κ2) is 8.45. The van der Waals surface area contributed by atoms with Crippen LogP contribution in [0.5, 0.6) is 0 Å². The average Bonchev–Trinajstić information content (AvgIpc) is 3.28. The Bertz CT molecular complexity index is 1090. The zero-order valence-electron chi connectivity index (χ0n) is 17.3. The number of allylic oxidation sites excluding steroid dienone is 1. The minimum absolute atomic E-state index is 0.145. The quantitative estimate of drug-likeness (QED) is 0.398. The smallest absolute Gasteiger partial charge is 0.258 e. The number of fused-ring (bicyclic) bond motifs is 2. The highest BCUT2D eigenvalue weighted by molar-refractivity contribution is 9.10. The topological polar surface area (TPSA) is 69.2 Å². The number of benzene rings is 2. The minimum atomic E-state index is -0.145. The minimum Gasteiger partial charge on any atom is -0.394 e. The van der Waals surface area contributed by atoms with Crippen molar-refractivity contribution < 1.29 is 9.63 Å². The van der Waals surface area contributed by atoms with E-state index in [2.05, 4.69) is 48.6 Å². The molecule has 3 aliphatic heterocycles. The molecule has 1 amide bonds. The van der Waals surface area contributed by atoms with Crippen molar-refractivity contribution >= 4 is 44.5 Å². The van der Waals surface area contributed by atoms with E-state index in [-0.39, 0.29) is 5.91 Å². The molecule has 0 bridgehead atoms. The summed E-state index contributed by atoms with van der Waals surface area (Å²) in [7, 11) is 2.15. The van der Waals surface area contributed by atoms with Gasteiger partial charge in [0, 0.05) is 59.7 Å². The van der Waals surface area contributed by atoms with Gasteiger partial charge in [0.1, 0.15) is 12.3 Å². The predicted molar refractivity (Wildman–Crippen MR) is 126 cm³/mol. The van der Waals surface area contributed by atoms with Crippen LogP contribution in [-0.4, -0.2) is 67.8 Å². The van der Waals surface area contributed by atoms with Crippen LogP contribution in [0.4, 0.5) is 11.4 Å². The molecule has 0 unspecified atom stereocenters. The van der Waals surface area contributed by atoms with Gasteiger partial charge in [-0.05, 0) is 31.3 Å². The van der Waals surface area contributed by atoms with Gasteiger partial charge in [-0.3, -0.25) is 9.69 Å². The number of nitrogens with one attached hydrogen (secondary N) is 2. The van der Waals surface area contributed by atoms with Crippen LogP contribution in [0.2, 0.25) is 0 Å². The van der Waals surface area contributed by atoms with E-state index in [1.54, 1.807) is 0 Å². The number of para-hydroxylation sites is 1. The van der Waals surface area contributed by atoms with Gasteiger partial charge in [-0.2, -0.15) is 0 Å². The Morgan fingerprint density at radius 3 is 2.65 bits per heavy atom. The Balaban J connectivity index is 1.43. The van der Waals surface area contributed by atoms with Gasteiger partial charge >= 0.3 is 0 Å². The van der Waals surface area contributed by atoms with E-state index in [4.69, 9.17) is 4.84 Å². The maximum atomic E-state index is 12.9. The lowest BCUT2D eigenvalue weighted by Crippen LogP contribution is -2.45. The second-order valence-corrected chi connectivity index (χ2v) is 8.90. The number of hydrogen-bond acceptors (Lipinski definition) is 6. The van der Waals surface area contributed by atoms with Gasteiger partial charge in [0.25, 0.3) is 5.91 Å². The summed E-state index contributed by atoms with van der Waals surface area (Å²) in [5.41, 5.74) is 5.41.